The minimum atomic E-state index is 0.323. The molecular formula is C9H7O. The van der Waals surface area contributed by atoms with Crippen molar-refractivity contribution in [3.63, 3.8) is 0 Å². The number of benzene rings is 1. The van der Waals surface area contributed by atoms with Crippen molar-refractivity contribution in [3.8, 4) is 18.1 Å². The molecule has 1 radical (unpaired) electrons. The Hall–Kier alpha value is -1.42. The lowest BCUT2D eigenvalue weighted by Gasteiger charge is -1.98. The van der Waals surface area contributed by atoms with Gasteiger partial charge >= 0.3 is 0 Å². The van der Waals surface area contributed by atoms with Crippen LogP contribution in [0.5, 0.6) is 5.75 Å². The summed E-state index contributed by atoms with van der Waals surface area (Å²) in [5, 5.41) is 0. The van der Waals surface area contributed by atoms with Crippen molar-refractivity contribution in [1.29, 1.82) is 0 Å². The molecule has 1 aromatic carbocycles. The summed E-state index contributed by atoms with van der Waals surface area (Å²) in [6.45, 7) is 0.323. The van der Waals surface area contributed by atoms with E-state index in [0.29, 0.717) is 6.61 Å². The average Bonchev–Trinajstić information content (AvgIpc) is 2.03. The van der Waals surface area contributed by atoms with E-state index >= 15 is 0 Å². The lowest BCUT2D eigenvalue weighted by molar-refractivity contribution is 0.370. The van der Waals surface area contributed by atoms with E-state index in [1.807, 2.05) is 12.1 Å². The van der Waals surface area contributed by atoms with Crippen LogP contribution in [0.25, 0.3) is 0 Å². The Balaban J connectivity index is 2.52. The highest BCUT2D eigenvalue weighted by Gasteiger charge is 1.85. The predicted octanol–water partition coefficient (Wildman–Crippen LogP) is 1.50. The first kappa shape index (κ1) is 6.70. The second-order valence-electron chi connectivity index (χ2n) is 1.73. The summed E-state index contributed by atoms with van der Waals surface area (Å²) in [4.78, 5) is 0. The lowest BCUT2D eigenvalue weighted by atomic mass is 10.3. The van der Waals surface area contributed by atoms with Crippen molar-refractivity contribution in [2.75, 3.05) is 6.61 Å². The third-order valence-corrected chi connectivity index (χ3v) is 1.01. The summed E-state index contributed by atoms with van der Waals surface area (Å²) in [6, 6.07) is 10.1. The van der Waals surface area contributed by atoms with E-state index in [0.717, 1.165) is 5.75 Å². The molecule has 0 heterocycles. The number of ether oxygens (including phenoxy) is 1. The second-order valence-corrected chi connectivity index (χ2v) is 1.73. The van der Waals surface area contributed by atoms with Crippen molar-refractivity contribution in [2.45, 2.75) is 0 Å². The van der Waals surface area contributed by atoms with Crippen LogP contribution < -0.4 is 4.74 Å². The van der Waals surface area contributed by atoms with Gasteiger partial charge < -0.3 is 4.74 Å². The van der Waals surface area contributed by atoms with Gasteiger partial charge in [0, 0.05) is 0 Å². The van der Waals surface area contributed by atoms with E-state index in [4.69, 9.17) is 11.2 Å². The van der Waals surface area contributed by atoms with Gasteiger partial charge in [0.25, 0.3) is 0 Å². The quantitative estimate of drug-likeness (QED) is 0.552. The molecule has 0 aliphatic heterocycles. The maximum absolute atomic E-state index is 5.10. The molecule has 0 aliphatic carbocycles. The molecule has 0 bridgehead atoms. The molecule has 1 nitrogen and oxygen atoms in total. The molecule has 1 heteroatoms. The summed E-state index contributed by atoms with van der Waals surface area (Å²) < 4.78 is 5.10. The molecule has 0 fully saturated rings. The van der Waals surface area contributed by atoms with Gasteiger partial charge in [0.15, 0.2) is 0 Å². The molecule has 1 aromatic rings. The van der Waals surface area contributed by atoms with Crippen molar-refractivity contribution in [2.24, 2.45) is 0 Å². The third kappa shape index (κ3) is 1.83. The first-order valence-electron chi connectivity index (χ1n) is 2.96. The highest BCUT2D eigenvalue weighted by Crippen LogP contribution is 2.06. The fourth-order valence-corrected chi connectivity index (χ4v) is 0.593. The zero-order valence-corrected chi connectivity index (χ0v) is 5.50. The fourth-order valence-electron chi connectivity index (χ4n) is 0.593. The van der Waals surface area contributed by atoms with Gasteiger partial charge in [-0.15, -0.1) is 6.42 Å². The maximum atomic E-state index is 5.10. The Labute approximate surface area is 60.6 Å². The molecule has 0 spiro atoms. The number of rotatable bonds is 2. The van der Waals surface area contributed by atoms with Gasteiger partial charge in [-0.2, -0.15) is 0 Å². The summed E-state index contributed by atoms with van der Waals surface area (Å²) in [5.41, 5.74) is 0. The molecule has 0 saturated carbocycles. The van der Waals surface area contributed by atoms with Crippen molar-refractivity contribution in [1.82, 2.24) is 0 Å². The lowest BCUT2D eigenvalue weighted by Crippen LogP contribution is -1.91. The third-order valence-electron chi connectivity index (χ3n) is 1.01. The van der Waals surface area contributed by atoms with E-state index in [1.54, 1.807) is 12.1 Å². The van der Waals surface area contributed by atoms with Crippen LogP contribution in [0.3, 0.4) is 0 Å². The Bertz CT molecular complexity index is 220. The van der Waals surface area contributed by atoms with Crippen LogP contribution in [-0.4, -0.2) is 6.61 Å². The molecule has 1 rings (SSSR count). The van der Waals surface area contributed by atoms with E-state index in [-0.39, 0.29) is 0 Å². The van der Waals surface area contributed by atoms with E-state index in [1.165, 1.54) is 0 Å². The smallest absolute Gasteiger partial charge is 0.148 e. The van der Waals surface area contributed by atoms with Crippen molar-refractivity contribution >= 4 is 0 Å². The highest BCUT2D eigenvalue weighted by molar-refractivity contribution is 5.20. The van der Waals surface area contributed by atoms with Crippen molar-refractivity contribution < 1.29 is 4.74 Å². The van der Waals surface area contributed by atoms with Gasteiger partial charge in [0.2, 0.25) is 0 Å². The zero-order chi connectivity index (χ0) is 7.23. The van der Waals surface area contributed by atoms with E-state index in [2.05, 4.69) is 12.0 Å². The molecule has 10 heavy (non-hydrogen) atoms. The molecule has 0 aromatic heterocycles. The molecule has 0 amide bonds. The minimum absolute atomic E-state index is 0.323. The molecule has 0 unspecified atom stereocenters. The summed E-state index contributed by atoms with van der Waals surface area (Å²) in [6.07, 6.45) is 4.99. The monoisotopic (exact) mass is 131 g/mol. The SMILES string of the molecule is C#CCOc1cc[c]cc1. The van der Waals surface area contributed by atoms with Gasteiger partial charge in [-0.05, 0) is 18.2 Å². The molecule has 0 aliphatic rings. The first-order chi connectivity index (χ1) is 4.93. The van der Waals surface area contributed by atoms with Crippen LogP contribution in [0, 0.1) is 18.4 Å². The Kier molecular flexibility index (Phi) is 2.39. The number of hydrogen-bond acceptors (Lipinski definition) is 1. The van der Waals surface area contributed by atoms with Crippen molar-refractivity contribution in [3.05, 3.63) is 30.3 Å². The number of hydrogen-bond donors (Lipinski definition) is 0. The average molecular weight is 131 g/mol. The van der Waals surface area contributed by atoms with Crippen LogP contribution in [0.2, 0.25) is 0 Å². The molecule has 0 N–H and O–H groups in total. The second kappa shape index (κ2) is 3.58. The first-order valence-corrected chi connectivity index (χ1v) is 2.96. The summed E-state index contributed by atoms with van der Waals surface area (Å²) >= 11 is 0. The van der Waals surface area contributed by atoms with Gasteiger partial charge in [-0.25, -0.2) is 0 Å². The van der Waals surface area contributed by atoms with Gasteiger partial charge in [0.1, 0.15) is 12.4 Å². The molecular weight excluding hydrogens is 124 g/mol. The fraction of sp³-hybridized carbons (Fsp3) is 0.111. The Morgan fingerprint density at radius 3 is 2.80 bits per heavy atom. The summed E-state index contributed by atoms with van der Waals surface area (Å²) in [5.74, 6) is 3.17. The standard InChI is InChI=1S/C9H7O/c1-2-8-10-9-6-4-3-5-7-9/h1,4-7H,8H2. The minimum Gasteiger partial charge on any atom is -0.481 e. The van der Waals surface area contributed by atoms with Gasteiger partial charge in [0.05, 0.1) is 0 Å². The van der Waals surface area contributed by atoms with Crippen LogP contribution >= 0.6 is 0 Å². The van der Waals surface area contributed by atoms with Crippen LogP contribution in [0.1, 0.15) is 0 Å². The number of terminal acetylenes is 1. The van der Waals surface area contributed by atoms with Crippen LogP contribution in [0.4, 0.5) is 0 Å². The van der Waals surface area contributed by atoms with E-state index in [9.17, 15) is 0 Å². The van der Waals surface area contributed by atoms with Crippen LogP contribution in [0.15, 0.2) is 24.3 Å². The molecule has 0 saturated heterocycles. The van der Waals surface area contributed by atoms with Gasteiger partial charge in [-0.3, -0.25) is 0 Å². The maximum Gasteiger partial charge on any atom is 0.148 e. The zero-order valence-electron chi connectivity index (χ0n) is 5.50. The predicted molar refractivity (Wildman–Crippen MR) is 39.6 cm³/mol. The van der Waals surface area contributed by atoms with E-state index < -0.39 is 0 Å². The molecule has 0 atom stereocenters. The Morgan fingerprint density at radius 2 is 2.20 bits per heavy atom. The highest BCUT2D eigenvalue weighted by atomic mass is 16.5. The Morgan fingerprint density at radius 1 is 1.50 bits per heavy atom. The normalized spacial score (nSPS) is 8.30. The molecule has 49 valence electrons. The largest absolute Gasteiger partial charge is 0.481 e. The van der Waals surface area contributed by atoms with Crippen LogP contribution in [-0.2, 0) is 0 Å². The summed E-state index contributed by atoms with van der Waals surface area (Å²) in [7, 11) is 0. The van der Waals surface area contributed by atoms with Gasteiger partial charge in [-0.1, -0.05) is 18.1 Å². The topological polar surface area (TPSA) is 9.23 Å².